The zero-order chi connectivity index (χ0) is 28.1. The summed E-state index contributed by atoms with van der Waals surface area (Å²) in [5, 5.41) is 17.3. The summed E-state index contributed by atoms with van der Waals surface area (Å²) >= 11 is 0. The molecule has 1 unspecified atom stereocenters. The van der Waals surface area contributed by atoms with E-state index in [2.05, 4.69) is 50.1 Å². The van der Waals surface area contributed by atoms with E-state index in [0.29, 0.717) is 40.9 Å². The zero-order valence-corrected chi connectivity index (χ0v) is 22.6. The number of hydrogen-bond acceptors (Lipinski definition) is 10. The summed E-state index contributed by atoms with van der Waals surface area (Å²) in [6, 6.07) is 15.2. The fourth-order valence-corrected chi connectivity index (χ4v) is 4.92. The molecule has 0 saturated carbocycles. The van der Waals surface area contributed by atoms with Gasteiger partial charge in [-0.15, -0.1) is 0 Å². The van der Waals surface area contributed by atoms with Gasteiger partial charge in [0, 0.05) is 44.7 Å². The third-order valence-electron chi connectivity index (χ3n) is 7.05. The van der Waals surface area contributed by atoms with Crippen LogP contribution in [-0.4, -0.2) is 67.7 Å². The van der Waals surface area contributed by atoms with Crippen molar-refractivity contribution in [3.8, 4) is 11.8 Å². The van der Waals surface area contributed by atoms with Gasteiger partial charge in [0.05, 0.1) is 48.5 Å². The van der Waals surface area contributed by atoms with Crippen LogP contribution >= 0.6 is 0 Å². The van der Waals surface area contributed by atoms with Gasteiger partial charge in [0.2, 0.25) is 5.91 Å². The van der Waals surface area contributed by atoms with Crippen molar-refractivity contribution < 1.29 is 14.4 Å². The van der Waals surface area contributed by atoms with Gasteiger partial charge in [-0.05, 0) is 36.9 Å². The fourth-order valence-electron chi connectivity index (χ4n) is 4.92. The molecule has 0 radical (unpaired) electrons. The number of piperazine rings is 1. The number of carbonyl (C=O) groups excluding carboxylic acids is 1. The van der Waals surface area contributed by atoms with E-state index in [1.54, 1.807) is 24.3 Å². The number of carbonyl (C=O) groups is 1. The van der Waals surface area contributed by atoms with Crippen LogP contribution in [0, 0.1) is 11.3 Å². The molecule has 2 aliphatic rings. The van der Waals surface area contributed by atoms with Gasteiger partial charge in [-0.25, -0.2) is 15.0 Å². The number of ether oxygens (including phenoxy) is 1. The van der Waals surface area contributed by atoms with Crippen molar-refractivity contribution in [2.45, 2.75) is 12.5 Å². The zero-order valence-electron chi connectivity index (χ0n) is 22.6. The van der Waals surface area contributed by atoms with Gasteiger partial charge in [0.25, 0.3) is 0 Å². The summed E-state index contributed by atoms with van der Waals surface area (Å²) in [7, 11) is 3.71. The highest BCUT2D eigenvalue weighted by Gasteiger charge is 2.29. The molecule has 5 rings (SSSR count). The van der Waals surface area contributed by atoms with Crippen LogP contribution in [-0.2, 0) is 9.63 Å². The Morgan fingerprint density at radius 1 is 1.18 bits per heavy atom. The lowest BCUT2D eigenvalue weighted by Crippen LogP contribution is -2.44. The Hall–Kier alpha value is -4.66. The second kappa shape index (κ2) is 12.0. The molecule has 1 amide bonds. The van der Waals surface area contributed by atoms with Crippen molar-refractivity contribution in [2.75, 3.05) is 67.5 Å². The molecule has 2 fully saturated rings. The number of aromatic nitrogens is 2. The molecule has 0 bridgehead atoms. The molecule has 2 aromatic carbocycles. The number of nitrogens with one attached hydrogen (secondary N) is 2. The first-order chi connectivity index (χ1) is 19.5. The Morgan fingerprint density at radius 3 is 2.75 bits per heavy atom. The number of benzene rings is 2. The van der Waals surface area contributed by atoms with Crippen molar-refractivity contribution in [1.29, 1.82) is 5.26 Å². The number of likely N-dealkylation sites (N-methyl/N-ethyl adjacent to an activating group) is 1. The van der Waals surface area contributed by atoms with Crippen LogP contribution in [0.2, 0.25) is 0 Å². The number of hydroxylamine groups is 1. The SMILES string of the molecule is C=CC(=O)Nc1cc(Nc2cc(N3OCCC3c3cccc(C#N)c3)ncn2)c(OC)cc1N1CCN(C)CC1. The average Bonchev–Trinajstić information content (AvgIpc) is 3.48. The smallest absolute Gasteiger partial charge is 0.247 e. The standard InChI is InChI=1S/C29H32N8O3/c1-4-29(38)34-22-15-23(26(39-3)16-25(22)36-11-9-35(2)10-12-36)33-27-17-28(32-19-31-27)37-24(8-13-40-37)21-7-5-6-20(14-21)18-30/h4-7,14-17,19,24H,1,8-13H2,2-3H3,(H,34,38)(H,31,32,33). The predicted octanol–water partition coefficient (Wildman–Crippen LogP) is 3.86. The molecule has 2 aliphatic heterocycles. The minimum Gasteiger partial charge on any atom is -0.494 e. The quantitative estimate of drug-likeness (QED) is 0.408. The molecule has 2 N–H and O–H groups in total. The number of anilines is 5. The molecule has 40 heavy (non-hydrogen) atoms. The first-order valence-electron chi connectivity index (χ1n) is 13.1. The molecule has 206 valence electrons. The molecular formula is C29H32N8O3. The van der Waals surface area contributed by atoms with Gasteiger partial charge >= 0.3 is 0 Å². The van der Waals surface area contributed by atoms with Crippen molar-refractivity contribution in [2.24, 2.45) is 0 Å². The van der Waals surface area contributed by atoms with E-state index in [9.17, 15) is 10.1 Å². The molecule has 3 heterocycles. The van der Waals surface area contributed by atoms with Crippen molar-refractivity contribution in [3.63, 3.8) is 0 Å². The first kappa shape index (κ1) is 26.9. The Bertz CT molecular complexity index is 1430. The molecule has 1 atom stereocenters. The normalized spacial score (nSPS) is 17.3. The lowest BCUT2D eigenvalue weighted by Gasteiger charge is -2.35. The minimum absolute atomic E-state index is 0.0887. The van der Waals surface area contributed by atoms with Gasteiger partial charge in [-0.2, -0.15) is 5.26 Å². The molecule has 0 aliphatic carbocycles. The van der Waals surface area contributed by atoms with E-state index >= 15 is 0 Å². The van der Waals surface area contributed by atoms with Crippen LogP contribution in [0.5, 0.6) is 5.75 Å². The van der Waals surface area contributed by atoms with Crippen molar-refractivity contribution >= 4 is 34.6 Å². The lowest BCUT2D eigenvalue weighted by molar-refractivity contribution is -0.111. The maximum atomic E-state index is 12.3. The third kappa shape index (κ3) is 5.83. The van der Waals surface area contributed by atoms with Gasteiger partial charge < -0.3 is 25.2 Å². The minimum atomic E-state index is -0.298. The van der Waals surface area contributed by atoms with E-state index in [1.807, 2.05) is 30.3 Å². The third-order valence-corrected chi connectivity index (χ3v) is 7.05. The maximum absolute atomic E-state index is 12.3. The second-order valence-electron chi connectivity index (χ2n) is 9.64. The summed E-state index contributed by atoms with van der Waals surface area (Å²) < 4.78 is 5.75. The predicted molar refractivity (Wildman–Crippen MR) is 154 cm³/mol. The van der Waals surface area contributed by atoms with Crippen molar-refractivity contribution in [3.05, 3.63) is 72.6 Å². The molecule has 1 aromatic heterocycles. The summed E-state index contributed by atoms with van der Waals surface area (Å²) in [6.45, 7) is 7.61. The first-order valence-corrected chi connectivity index (χ1v) is 13.1. The largest absolute Gasteiger partial charge is 0.494 e. The molecule has 11 heteroatoms. The molecule has 3 aromatic rings. The summed E-state index contributed by atoms with van der Waals surface area (Å²) in [4.78, 5) is 31.6. The molecule has 2 saturated heterocycles. The van der Waals surface area contributed by atoms with Crippen LogP contribution in [0.25, 0.3) is 0 Å². The number of methoxy groups -OCH3 is 1. The van der Waals surface area contributed by atoms with Crippen LogP contribution < -0.4 is 25.3 Å². The average molecular weight is 541 g/mol. The number of rotatable bonds is 8. The molecular weight excluding hydrogens is 508 g/mol. The Balaban J connectivity index is 1.44. The highest BCUT2D eigenvalue weighted by Crippen LogP contribution is 2.40. The van der Waals surface area contributed by atoms with Crippen LogP contribution in [0.1, 0.15) is 23.6 Å². The monoisotopic (exact) mass is 540 g/mol. The van der Waals surface area contributed by atoms with Crippen molar-refractivity contribution in [1.82, 2.24) is 14.9 Å². The van der Waals surface area contributed by atoms with E-state index in [0.717, 1.165) is 43.9 Å². The number of hydrogen-bond donors (Lipinski definition) is 2. The number of nitrogens with zero attached hydrogens (tertiary/aromatic N) is 6. The summed E-state index contributed by atoms with van der Waals surface area (Å²) in [6.07, 6.45) is 3.48. The second-order valence-corrected chi connectivity index (χ2v) is 9.64. The lowest BCUT2D eigenvalue weighted by atomic mass is 10.0. The number of amides is 1. The van der Waals surface area contributed by atoms with Crippen LogP contribution in [0.4, 0.5) is 28.7 Å². The summed E-state index contributed by atoms with van der Waals surface area (Å²) in [5.41, 5.74) is 3.73. The molecule has 0 spiro atoms. The Labute approximate surface area is 233 Å². The van der Waals surface area contributed by atoms with Gasteiger partial charge in [0.1, 0.15) is 17.9 Å². The Kier molecular flexibility index (Phi) is 8.10. The van der Waals surface area contributed by atoms with Gasteiger partial charge in [-0.1, -0.05) is 18.7 Å². The molecule has 11 nitrogen and oxygen atoms in total. The topological polar surface area (TPSA) is 119 Å². The van der Waals surface area contributed by atoms with E-state index in [4.69, 9.17) is 9.57 Å². The Morgan fingerprint density at radius 2 is 2.00 bits per heavy atom. The van der Waals surface area contributed by atoms with E-state index in [1.165, 1.54) is 12.4 Å². The van der Waals surface area contributed by atoms with E-state index in [-0.39, 0.29) is 11.9 Å². The van der Waals surface area contributed by atoms with E-state index < -0.39 is 0 Å². The van der Waals surface area contributed by atoms with Crippen LogP contribution in [0.3, 0.4) is 0 Å². The van der Waals surface area contributed by atoms with Gasteiger partial charge in [0.15, 0.2) is 5.82 Å². The van der Waals surface area contributed by atoms with Gasteiger partial charge in [-0.3, -0.25) is 9.63 Å². The highest BCUT2D eigenvalue weighted by atomic mass is 16.7. The van der Waals surface area contributed by atoms with Crippen LogP contribution in [0.15, 0.2) is 61.4 Å². The number of nitriles is 1. The summed E-state index contributed by atoms with van der Waals surface area (Å²) in [5.74, 6) is 1.41. The fraction of sp³-hybridized carbons (Fsp3) is 0.310. The maximum Gasteiger partial charge on any atom is 0.247 e. The highest BCUT2D eigenvalue weighted by molar-refractivity contribution is 6.02.